The van der Waals surface area contributed by atoms with Gasteiger partial charge >= 0.3 is 0 Å². The van der Waals surface area contributed by atoms with Gasteiger partial charge in [-0.3, -0.25) is 4.90 Å². The number of rotatable bonds is 1. The van der Waals surface area contributed by atoms with E-state index in [2.05, 4.69) is 24.1 Å². The first-order valence-corrected chi connectivity index (χ1v) is 3.56. The second kappa shape index (κ2) is 3.18. The highest BCUT2D eigenvalue weighted by molar-refractivity contribution is 4.82. The molecular formula is C7H15N2. The molecule has 0 aromatic rings. The van der Waals surface area contributed by atoms with E-state index in [0.29, 0.717) is 0 Å². The van der Waals surface area contributed by atoms with Crippen LogP contribution in [0.2, 0.25) is 0 Å². The minimum absolute atomic E-state index is 1.14. The van der Waals surface area contributed by atoms with E-state index in [0.717, 1.165) is 13.1 Å². The van der Waals surface area contributed by atoms with Crippen molar-refractivity contribution in [2.75, 3.05) is 26.2 Å². The molecule has 1 aliphatic rings. The lowest BCUT2D eigenvalue weighted by Gasteiger charge is -2.29. The van der Waals surface area contributed by atoms with Gasteiger partial charge in [-0.2, -0.15) is 0 Å². The number of nitrogens with zero attached hydrogens (tertiary/aromatic N) is 1. The average molecular weight is 127 g/mol. The molecule has 0 amide bonds. The smallest absolute Gasteiger partial charge is 0.0332 e. The van der Waals surface area contributed by atoms with Crippen molar-refractivity contribution in [1.29, 1.82) is 0 Å². The zero-order valence-electron chi connectivity index (χ0n) is 6.28. The van der Waals surface area contributed by atoms with E-state index < -0.39 is 0 Å². The van der Waals surface area contributed by atoms with Gasteiger partial charge in [0.2, 0.25) is 0 Å². The molecule has 0 aromatic heterocycles. The van der Waals surface area contributed by atoms with Gasteiger partial charge in [-0.1, -0.05) is 0 Å². The van der Waals surface area contributed by atoms with Crippen LogP contribution in [0, 0.1) is 6.04 Å². The highest BCUT2D eigenvalue weighted by atomic mass is 15.2. The molecule has 1 heterocycles. The van der Waals surface area contributed by atoms with Crippen molar-refractivity contribution in [3.05, 3.63) is 6.04 Å². The fourth-order valence-electron chi connectivity index (χ4n) is 1.11. The topological polar surface area (TPSA) is 15.3 Å². The van der Waals surface area contributed by atoms with Crippen LogP contribution in [-0.4, -0.2) is 31.1 Å². The van der Waals surface area contributed by atoms with Crippen molar-refractivity contribution in [3.8, 4) is 0 Å². The van der Waals surface area contributed by atoms with Gasteiger partial charge in [-0.25, -0.2) is 0 Å². The van der Waals surface area contributed by atoms with Crippen LogP contribution >= 0.6 is 0 Å². The number of piperazine rings is 1. The predicted molar refractivity (Wildman–Crippen MR) is 39.0 cm³/mol. The summed E-state index contributed by atoms with van der Waals surface area (Å²) in [6.45, 7) is 9.00. The van der Waals surface area contributed by atoms with Gasteiger partial charge in [-0.15, -0.1) is 0 Å². The summed E-state index contributed by atoms with van der Waals surface area (Å²) in [6.07, 6.45) is 0. The third-order valence-electron chi connectivity index (χ3n) is 1.75. The number of nitrogens with one attached hydrogen (secondary N) is 1. The highest BCUT2D eigenvalue weighted by Gasteiger charge is 2.11. The number of hydrogen-bond donors (Lipinski definition) is 1. The highest BCUT2D eigenvalue weighted by Crippen LogP contribution is 2.05. The second-order valence-electron chi connectivity index (χ2n) is 2.68. The van der Waals surface area contributed by atoms with Crippen LogP contribution in [0.4, 0.5) is 0 Å². The molecule has 1 radical (unpaired) electrons. The maximum absolute atomic E-state index is 3.31. The normalized spacial score (nSPS) is 23.0. The summed E-state index contributed by atoms with van der Waals surface area (Å²) >= 11 is 0. The molecule has 1 aliphatic heterocycles. The van der Waals surface area contributed by atoms with Crippen molar-refractivity contribution < 1.29 is 0 Å². The molecule has 0 unspecified atom stereocenters. The van der Waals surface area contributed by atoms with Gasteiger partial charge in [-0.05, 0) is 13.8 Å². The lowest BCUT2D eigenvalue weighted by Crippen LogP contribution is -2.43. The molecule has 0 atom stereocenters. The van der Waals surface area contributed by atoms with Crippen LogP contribution in [0.1, 0.15) is 13.8 Å². The Hall–Kier alpha value is -0.0800. The molecular weight excluding hydrogens is 112 g/mol. The molecule has 0 saturated carbocycles. The van der Waals surface area contributed by atoms with E-state index in [1.807, 2.05) is 0 Å². The zero-order valence-corrected chi connectivity index (χ0v) is 6.28. The van der Waals surface area contributed by atoms with Crippen molar-refractivity contribution in [2.24, 2.45) is 0 Å². The fraction of sp³-hybridized carbons (Fsp3) is 0.857. The van der Waals surface area contributed by atoms with E-state index >= 15 is 0 Å². The zero-order chi connectivity index (χ0) is 6.69. The van der Waals surface area contributed by atoms with E-state index in [1.165, 1.54) is 19.1 Å². The second-order valence-corrected chi connectivity index (χ2v) is 2.68. The Labute approximate surface area is 57.2 Å². The summed E-state index contributed by atoms with van der Waals surface area (Å²) in [6, 6.07) is 1.44. The first-order valence-electron chi connectivity index (χ1n) is 3.56. The third-order valence-corrected chi connectivity index (χ3v) is 1.75. The monoisotopic (exact) mass is 127 g/mol. The maximum Gasteiger partial charge on any atom is 0.0332 e. The molecule has 9 heavy (non-hydrogen) atoms. The molecule has 1 saturated heterocycles. The molecule has 0 bridgehead atoms. The van der Waals surface area contributed by atoms with Crippen LogP contribution in [-0.2, 0) is 0 Å². The van der Waals surface area contributed by atoms with Gasteiger partial charge < -0.3 is 5.32 Å². The summed E-state index contributed by atoms with van der Waals surface area (Å²) in [5, 5.41) is 3.31. The molecule has 0 spiro atoms. The van der Waals surface area contributed by atoms with E-state index in [1.54, 1.807) is 0 Å². The first-order chi connectivity index (χ1) is 4.30. The minimum atomic E-state index is 1.14. The van der Waals surface area contributed by atoms with Crippen LogP contribution in [0.5, 0.6) is 0 Å². The molecule has 53 valence electrons. The van der Waals surface area contributed by atoms with Gasteiger partial charge in [0.1, 0.15) is 0 Å². The molecule has 2 heteroatoms. The van der Waals surface area contributed by atoms with Gasteiger partial charge in [0.25, 0.3) is 0 Å². The Balaban J connectivity index is 2.23. The third kappa shape index (κ3) is 1.95. The largest absolute Gasteiger partial charge is 0.314 e. The molecule has 0 aliphatic carbocycles. The van der Waals surface area contributed by atoms with E-state index in [-0.39, 0.29) is 0 Å². The maximum atomic E-state index is 3.31. The van der Waals surface area contributed by atoms with Crippen LogP contribution < -0.4 is 5.32 Å². The van der Waals surface area contributed by atoms with E-state index in [9.17, 15) is 0 Å². The van der Waals surface area contributed by atoms with Crippen molar-refractivity contribution in [3.63, 3.8) is 0 Å². The molecule has 1 N–H and O–H groups in total. The lowest BCUT2D eigenvalue weighted by atomic mass is 10.3. The lowest BCUT2D eigenvalue weighted by molar-refractivity contribution is 0.257. The fourth-order valence-corrected chi connectivity index (χ4v) is 1.11. The van der Waals surface area contributed by atoms with Crippen molar-refractivity contribution in [2.45, 2.75) is 13.8 Å². The summed E-state index contributed by atoms with van der Waals surface area (Å²) in [5.74, 6) is 0. The molecule has 0 aromatic carbocycles. The van der Waals surface area contributed by atoms with Crippen LogP contribution in [0.3, 0.4) is 0 Å². The molecule has 1 rings (SSSR count). The minimum Gasteiger partial charge on any atom is -0.314 e. The Kier molecular flexibility index (Phi) is 2.49. The van der Waals surface area contributed by atoms with Crippen LogP contribution in [0.15, 0.2) is 0 Å². The van der Waals surface area contributed by atoms with Gasteiger partial charge in [0.05, 0.1) is 0 Å². The molecule has 2 nitrogen and oxygen atoms in total. The summed E-state index contributed by atoms with van der Waals surface area (Å²) < 4.78 is 0. The van der Waals surface area contributed by atoms with Crippen LogP contribution in [0.25, 0.3) is 0 Å². The Morgan fingerprint density at radius 3 is 2.11 bits per heavy atom. The summed E-state index contributed by atoms with van der Waals surface area (Å²) in [5.41, 5.74) is 0. The predicted octanol–water partition coefficient (Wildman–Crippen LogP) is 0.463. The quantitative estimate of drug-likeness (QED) is 0.550. The standard InChI is InChI=1S/C7H15N2/c1-7(2)9-5-3-8-4-6-9/h8H,3-6H2,1-2H3. The van der Waals surface area contributed by atoms with Gasteiger partial charge in [0.15, 0.2) is 0 Å². The average Bonchev–Trinajstić information content (AvgIpc) is 1.90. The SMILES string of the molecule is C[C](C)N1CCNCC1. The summed E-state index contributed by atoms with van der Waals surface area (Å²) in [7, 11) is 0. The molecule has 1 fully saturated rings. The van der Waals surface area contributed by atoms with Gasteiger partial charge in [0, 0.05) is 32.2 Å². The Bertz CT molecular complexity index is 75.0. The van der Waals surface area contributed by atoms with Crippen molar-refractivity contribution >= 4 is 0 Å². The number of hydrogen-bond acceptors (Lipinski definition) is 2. The summed E-state index contributed by atoms with van der Waals surface area (Å²) in [4.78, 5) is 2.41. The van der Waals surface area contributed by atoms with Crippen molar-refractivity contribution in [1.82, 2.24) is 10.2 Å². The Morgan fingerprint density at radius 1 is 1.22 bits per heavy atom. The van der Waals surface area contributed by atoms with E-state index in [4.69, 9.17) is 0 Å². The first kappa shape index (κ1) is 7.03. The Morgan fingerprint density at radius 2 is 1.78 bits per heavy atom.